The summed E-state index contributed by atoms with van der Waals surface area (Å²) in [6.45, 7) is 4.69. The second-order valence-electron chi connectivity index (χ2n) is 2.78. The molecule has 11 heavy (non-hydrogen) atoms. The van der Waals surface area contributed by atoms with Crippen molar-refractivity contribution in [3.05, 3.63) is 0 Å². The van der Waals surface area contributed by atoms with Gasteiger partial charge in [0, 0.05) is 19.8 Å². The van der Waals surface area contributed by atoms with Gasteiger partial charge in [0.2, 0.25) is 0 Å². The lowest BCUT2D eigenvalue weighted by atomic mass is 10.2. The quantitative estimate of drug-likeness (QED) is 0.643. The molecule has 0 spiro atoms. The Morgan fingerprint density at radius 1 is 1.55 bits per heavy atom. The minimum atomic E-state index is -0.0741. The van der Waals surface area contributed by atoms with Gasteiger partial charge in [-0.3, -0.25) is 5.32 Å². The second-order valence-corrected chi connectivity index (χ2v) is 2.78. The van der Waals surface area contributed by atoms with Crippen LogP contribution in [-0.4, -0.2) is 25.8 Å². The molecule has 0 aromatic heterocycles. The van der Waals surface area contributed by atoms with Crippen LogP contribution in [0.25, 0.3) is 0 Å². The molecule has 1 unspecified atom stereocenters. The van der Waals surface area contributed by atoms with Crippen molar-refractivity contribution < 1.29 is 4.74 Å². The van der Waals surface area contributed by atoms with E-state index in [4.69, 9.17) is 10.00 Å². The maximum atomic E-state index is 8.63. The molecule has 0 aromatic carbocycles. The number of rotatable bonds is 5. The fourth-order valence-electron chi connectivity index (χ4n) is 0.823. The van der Waals surface area contributed by atoms with Gasteiger partial charge in [-0.1, -0.05) is 0 Å². The summed E-state index contributed by atoms with van der Waals surface area (Å²) in [5, 5.41) is 11.8. The third-order valence-corrected chi connectivity index (χ3v) is 1.30. The summed E-state index contributed by atoms with van der Waals surface area (Å²) >= 11 is 0. The van der Waals surface area contributed by atoms with E-state index in [0.29, 0.717) is 12.6 Å². The molecule has 3 nitrogen and oxygen atoms in total. The molecule has 0 rings (SSSR count). The van der Waals surface area contributed by atoms with Gasteiger partial charge < -0.3 is 4.74 Å². The molecule has 0 bridgehead atoms. The molecule has 0 aliphatic heterocycles. The van der Waals surface area contributed by atoms with E-state index in [-0.39, 0.29) is 6.04 Å². The Hall–Kier alpha value is -0.590. The minimum Gasteiger partial charge on any atom is -0.385 e. The molecule has 0 aliphatic rings. The van der Waals surface area contributed by atoms with E-state index in [1.54, 1.807) is 7.11 Å². The van der Waals surface area contributed by atoms with Gasteiger partial charge in [0.05, 0.1) is 12.1 Å². The molecule has 0 saturated carbocycles. The SMILES string of the molecule is COCCC(C#N)NC(C)C. The number of nitrogens with zero attached hydrogens (tertiary/aromatic N) is 1. The van der Waals surface area contributed by atoms with Crippen molar-refractivity contribution >= 4 is 0 Å². The van der Waals surface area contributed by atoms with Crippen LogP contribution in [0.5, 0.6) is 0 Å². The molecule has 1 atom stereocenters. The van der Waals surface area contributed by atoms with E-state index in [1.165, 1.54) is 0 Å². The normalized spacial score (nSPS) is 13.0. The highest BCUT2D eigenvalue weighted by molar-refractivity contribution is 4.90. The van der Waals surface area contributed by atoms with Crippen LogP contribution in [0, 0.1) is 11.3 Å². The van der Waals surface area contributed by atoms with Crippen LogP contribution in [0.15, 0.2) is 0 Å². The molecule has 0 fully saturated rings. The van der Waals surface area contributed by atoms with E-state index >= 15 is 0 Å². The highest BCUT2D eigenvalue weighted by Gasteiger charge is 2.06. The maximum Gasteiger partial charge on any atom is 0.0976 e. The van der Waals surface area contributed by atoms with Gasteiger partial charge in [0.1, 0.15) is 0 Å². The summed E-state index contributed by atoms with van der Waals surface area (Å²) in [5.74, 6) is 0. The monoisotopic (exact) mass is 156 g/mol. The van der Waals surface area contributed by atoms with Crippen LogP contribution in [0.3, 0.4) is 0 Å². The zero-order chi connectivity index (χ0) is 8.69. The van der Waals surface area contributed by atoms with Crippen LogP contribution in [0.4, 0.5) is 0 Å². The van der Waals surface area contributed by atoms with Gasteiger partial charge in [-0.2, -0.15) is 5.26 Å². The zero-order valence-electron chi connectivity index (χ0n) is 7.42. The van der Waals surface area contributed by atoms with Crippen molar-refractivity contribution in [3.63, 3.8) is 0 Å². The molecule has 0 aliphatic carbocycles. The lowest BCUT2D eigenvalue weighted by Crippen LogP contribution is -2.34. The highest BCUT2D eigenvalue weighted by Crippen LogP contribution is 1.92. The van der Waals surface area contributed by atoms with E-state index < -0.39 is 0 Å². The van der Waals surface area contributed by atoms with E-state index in [9.17, 15) is 0 Å². The van der Waals surface area contributed by atoms with Gasteiger partial charge in [-0.25, -0.2) is 0 Å². The van der Waals surface area contributed by atoms with Crippen LogP contribution < -0.4 is 5.32 Å². The number of nitrogens with one attached hydrogen (secondary N) is 1. The fraction of sp³-hybridized carbons (Fsp3) is 0.875. The third kappa shape index (κ3) is 5.84. The molecule has 0 saturated heterocycles. The van der Waals surface area contributed by atoms with Crippen LogP contribution in [0.2, 0.25) is 0 Å². The molecule has 0 radical (unpaired) electrons. The average molecular weight is 156 g/mol. The van der Waals surface area contributed by atoms with E-state index in [2.05, 4.69) is 11.4 Å². The first kappa shape index (κ1) is 10.4. The molecule has 0 amide bonds. The lowest BCUT2D eigenvalue weighted by molar-refractivity contribution is 0.187. The lowest BCUT2D eigenvalue weighted by Gasteiger charge is -2.13. The van der Waals surface area contributed by atoms with Crippen molar-refractivity contribution in [3.8, 4) is 6.07 Å². The van der Waals surface area contributed by atoms with Crippen molar-refractivity contribution in [1.29, 1.82) is 5.26 Å². The first-order chi connectivity index (χ1) is 5.20. The Kier molecular flexibility index (Phi) is 5.81. The molecule has 1 N–H and O–H groups in total. The van der Waals surface area contributed by atoms with Gasteiger partial charge in [0.15, 0.2) is 0 Å². The predicted molar refractivity (Wildman–Crippen MR) is 44.2 cm³/mol. The standard InChI is InChI=1S/C8H16N2O/c1-7(2)10-8(6-9)4-5-11-3/h7-8,10H,4-5H2,1-3H3. The Labute approximate surface area is 68.3 Å². The zero-order valence-corrected chi connectivity index (χ0v) is 7.42. The number of nitriles is 1. The first-order valence-corrected chi connectivity index (χ1v) is 3.85. The summed E-state index contributed by atoms with van der Waals surface area (Å²) in [7, 11) is 1.64. The summed E-state index contributed by atoms with van der Waals surface area (Å²) < 4.78 is 4.86. The molecule has 64 valence electrons. The fourth-order valence-corrected chi connectivity index (χ4v) is 0.823. The molecule has 3 heteroatoms. The maximum absolute atomic E-state index is 8.63. The summed E-state index contributed by atoms with van der Waals surface area (Å²) in [4.78, 5) is 0. The first-order valence-electron chi connectivity index (χ1n) is 3.85. The Balaban J connectivity index is 3.52. The van der Waals surface area contributed by atoms with Gasteiger partial charge in [-0.15, -0.1) is 0 Å². The van der Waals surface area contributed by atoms with E-state index in [0.717, 1.165) is 6.42 Å². The van der Waals surface area contributed by atoms with Crippen molar-refractivity contribution in [2.75, 3.05) is 13.7 Å². The number of methoxy groups -OCH3 is 1. The summed E-state index contributed by atoms with van der Waals surface area (Å²) in [6, 6.07) is 2.46. The van der Waals surface area contributed by atoms with Gasteiger partial charge in [0.25, 0.3) is 0 Å². The third-order valence-electron chi connectivity index (χ3n) is 1.30. The van der Waals surface area contributed by atoms with Crippen molar-refractivity contribution in [1.82, 2.24) is 5.32 Å². The van der Waals surface area contributed by atoms with E-state index in [1.807, 2.05) is 13.8 Å². The molecule has 0 aromatic rings. The number of hydrogen-bond donors (Lipinski definition) is 1. The van der Waals surface area contributed by atoms with Crippen molar-refractivity contribution in [2.24, 2.45) is 0 Å². The molecule has 0 heterocycles. The Morgan fingerprint density at radius 2 is 2.18 bits per heavy atom. The van der Waals surface area contributed by atoms with Crippen LogP contribution >= 0.6 is 0 Å². The molecular formula is C8H16N2O. The summed E-state index contributed by atoms with van der Waals surface area (Å²) in [6.07, 6.45) is 0.755. The Bertz CT molecular complexity index is 129. The second kappa shape index (κ2) is 6.14. The smallest absolute Gasteiger partial charge is 0.0976 e. The van der Waals surface area contributed by atoms with Crippen LogP contribution in [0.1, 0.15) is 20.3 Å². The highest BCUT2D eigenvalue weighted by atomic mass is 16.5. The van der Waals surface area contributed by atoms with Gasteiger partial charge >= 0.3 is 0 Å². The van der Waals surface area contributed by atoms with Gasteiger partial charge in [-0.05, 0) is 20.3 Å². The topological polar surface area (TPSA) is 45.0 Å². The number of ether oxygens (including phenoxy) is 1. The van der Waals surface area contributed by atoms with Crippen molar-refractivity contribution in [2.45, 2.75) is 32.4 Å². The Morgan fingerprint density at radius 3 is 2.55 bits per heavy atom. The molecular weight excluding hydrogens is 140 g/mol. The minimum absolute atomic E-state index is 0.0741. The number of hydrogen-bond acceptors (Lipinski definition) is 3. The average Bonchev–Trinajstić information content (AvgIpc) is 1.97. The summed E-state index contributed by atoms with van der Waals surface area (Å²) in [5.41, 5.74) is 0. The predicted octanol–water partition coefficient (Wildman–Crippen LogP) is 0.913. The largest absolute Gasteiger partial charge is 0.385 e. The van der Waals surface area contributed by atoms with Crippen LogP contribution in [-0.2, 0) is 4.74 Å².